The second-order valence-electron chi connectivity index (χ2n) is 5.05. The molecule has 24 heavy (non-hydrogen) atoms. The van der Waals surface area contributed by atoms with Crippen LogP contribution in [0.3, 0.4) is 0 Å². The van der Waals surface area contributed by atoms with E-state index in [1.807, 2.05) is 42.5 Å². The number of nitrogens with zero attached hydrogens (tertiary/aromatic N) is 3. The number of hydrazone groups is 1. The van der Waals surface area contributed by atoms with E-state index in [9.17, 15) is 4.79 Å². The predicted octanol–water partition coefficient (Wildman–Crippen LogP) is 2.96. The number of halogens is 1. The minimum Gasteiger partial charge on any atom is -0.496 e. The molecule has 1 N–H and O–H groups in total. The van der Waals surface area contributed by atoms with Gasteiger partial charge < -0.3 is 9.30 Å². The molecular formula is C17H15BrN4O2. The fraction of sp³-hybridized carbons (Fsp3) is 0.118. The van der Waals surface area contributed by atoms with Crippen LogP contribution in [0.4, 0.5) is 0 Å². The number of hydrogen-bond acceptors (Lipinski definition) is 4. The number of carbonyl (C=O) groups excluding carboxylic acids is 1. The first-order valence-electron chi connectivity index (χ1n) is 7.22. The number of carbonyl (C=O) groups is 1. The summed E-state index contributed by atoms with van der Waals surface area (Å²) in [5.74, 6) is 0.519. The number of methoxy groups -OCH3 is 1. The highest BCUT2D eigenvalue weighted by atomic mass is 79.9. The predicted molar refractivity (Wildman–Crippen MR) is 96.2 cm³/mol. The fourth-order valence-electron chi connectivity index (χ4n) is 2.27. The SMILES string of the molecule is COc1ccc(/C=N\NC(=O)Cn2cnc3ccccc32)cc1Br. The van der Waals surface area contributed by atoms with E-state index in [0.29, 0.717) is 0 Å². The number of ether oxygens (including phenoxy) is 1. The number of benzene rings is 2. The van der Waals surface area contributed by atoms with Crippen LogP contribution in [0.25, 0.3) is 11.0 Å². The van der Waals surface area contributed by atoms with Gasteiger partial charge in [0.25, 0.3) is 5.91 Å². The molecule has 0 aliphatic heterocycles. The van der Waals surface area contributed by atoms with Crippen molar-refractivity contribution in [3.8, 4) is 5.75 Å². The van der Waals surface area contributed by atoms with E-state index in [-0.39, 0.29) is 12.5 Å². The number of nitrogens with one attached hydrogen (secondary N) is 1. The standard InChI is InChI=1S/C17H15BrN4O2/c1-24-16-7-6-12(8-13(16)18)9-20-21-17(23)10-22-11-19-14-4-2-3-5-15(14)22/h2-9,11H,10H2,1H3,(H,21,23)/b20-9-. The van der Waals surface area contributed by atoms with Gasteiger partial charge in [-0.05, 0) is 51.8 Å². The summed E-state index contributed by atoms with van der Waals surface area (Å²) in [5, 5.41) is 3.98. The first-order valence-corrected chi connectivity index (χ1v) is 8.02. The molecule has 0 aliphatic carbocycles. The number of hydrogen-bond donors (Lipinski definition) is 1. The Balaban J connectivity index is 1.62. The van der Waals surface area contributed by atoms with E-state index < -0.39 is 0 Å². The quantitative estimate of drug-likeness (QED) is 0.541. The molecule has 0 aliphatic rings. The van der Waals surface area contributed by atoms with E-state index in [4.69, 9.17) is 4.74 Å². The third-order valence-electron chi connectivity index (χ3n) is 3.42. The van der Waals surface area contributed by atoms with E-state index in [1.165, 1.54) is 0 Å². The van der Waals surface area contributed by atoms with E-state index >= 15 is 0 Å². The normalized spacial score (nSPS) is 11.1. The Morgan fingerprint density at radius 3 is 3.00 bits per heavy atom. The molecule has 2 aromatic carbocycles. The molecule has 1 amide bonds. The van der Waals surface area contributed by atoms with Crippen LogP contribution in [0.1, 0.15) is 5.56 Å². The Hall–Kier alpha value is -2.67. The maximum Gasteiger partial charge on any atom is 0.260 e. The molecule has 0 atom stereocenters. The zero-order valence-corrected chi connectivity index (χ0v) is 14.5. The van der Waals surface area contributed by atoms with Gasteiger partial charge in [0, 0.05) is 0 Å². The monoisotopic (exact) mass is 386 g/mol. The maximum atomic E-state index is 12.0. The van der Waals surface area contributed by atoms with Gasteiger partial charge in [-0.25, -0.2) is 10.4 Å². The zero-order chi connectivity index (χ0) is 16.9. The highest BCUT2D eigenvalue weighted by molar-refractivity contribution is 9.10. The van der Waals surface area contributed by atoms with Crippen LogP contribution >= 0.6 is 15.9 Å². The van der Waals surface area contributed by atoms with Crippen LogP contribution in [0, 0.1) is 0 Å². The fourth-order valence-corrected chi connectivity index (χ4v) is 2.83. The molecule has 1 aromatic heterocycles. The summed E-state index contributed by atoms with van der Waals surface area (Å²) in [6, 6.07) is 13.2. The van der Waals surface area contributed by atoms with Gasteiger partial charge in [-0.1, -0.05) is 12.1 Å². The molecule has 3 aromatic rings. The van der Waals surface area contributed by atoms with Crippen LogP contribution in [0.2, 0.25) is 0 Å². The van der Waals surface area contributed by atoms with Crippen molar-refractivity contribution in [3.05, 3.63) is 58.8 Å². The molecule has 1 heterocycles. The minimum atomic E-state index is -0.220. The Morgan fingerprint density at radius 2 is 2.21 bits per heavy atom. The largest absolute Gasteiger partial charge is 0.496 e. The summed E-state index contributed by atoms with van der Waals surface area (Å²) in [6.45, 7) is 0.157. The number of fused-ring (bicyclic) bond motifs is 1. The molecular weight excluding hydrogens is 372 g/mol. The summed E-state index contributed by atoms with van der Waals surface area (Å²) in [7, 11) is 1.61. The molecule has 0 spiro atoms. The molecule has 122 valence electrons. The lowest BCUT2D eigenvalue weighted by Gasteiger charge is -2.04. The topological polar surface area (TPSA) is 68.5 Å². The molecule has 0 saturated heterocycles. The molecule has 0 bridgehead atoms. The maximum absolute atomic E-state index is 12.0. The summed E-state index contributed by atoms with van der Waals surface area (Å²) >= 11 is 3.41. The van der Waals surface area contributed by atoms with Crippen molar-refractivity contribution in [1.29, 1.82) is 0 Å². The second-order valence-corrected chi connectivity index (χ2v) is 5.90. The molecule has 0 unspecified atom stereocenters. The van der Waals surface area contributed by atoms with Crippen LogP contribution < -0.4 is 10.2 Å². The lowest BCUT2D eigenvalue weighted by atomic mass is 10.2. The van der Waals surface area contributed by atoms with Crippen LogP contribution in [-0.4, -0.2) is 28.8 Å². The van der Waals surface area contributed by atoms with Gasteiger partial charge in [-0.3, -0.25) is 4.79 Å². The first kappa shape index (κ1) is 16.2. The Morgan fingerprint density at radius 1 is 1.38 bits per heavy atom. The molecule has 0 saturated carbocycles. The van der Waals surface area contributed by atoms with Gasteiger partial charge in [0.1, 0.15) is 12.3 Å². The van der Waals surface area contributed by atoms with Crippen molar-refractivity contribution < 1.29 is 9.53 Å². The number of aromatic nitrogens is 2. The van der Waals surface area contributed by atoms with Gasteiger partial charge >= 0.3 is 0 Å². The molecule has 3 rings (SSSR count). The number of rotatable bonds is 5. The molecule has 7 heteroatoms. The van der Waals surface area contributed by atoms with E-state index in [0.717, 1.165) is 26.8 Å². The summed E-state index contributed by atoms with van der Waals surface area (Å²) < 4.78 is 7.77. The lowest BCUT2D eigenvalue weighted by Crippen LogP contribution is -2.22. The van der Waals surface area contributed by atoms with Crippen LogP contribution in [-0.2, 0) is 11.3 Å². The van der Waals surface area contributed by atoms with Crippen molar-refractivity contribution >= 4 is 39.1 Å². The second kappa shape index (κ2) is 7.27. The van der Waals surface area contributed by atoms with Crippen LogP contribution in [0.15, 0.2) is 58.4 Å². The van der Waals surface area contributed by atoms with E-state index in [2.05, 4.69) is 31.4 Å². The Bertz CT molecular complexity index is 904. The van der Waals surface area contributed by atoms with Gasteiger partial charge in [-0.15, -0.1) is 0 Å². The zero-order valence-electron chi connectivity index (χ0n) is 12.9. The van der Waals surface area contributed by atoms with Crippen molar-refractivity contribution in [1.82, 2.24) is 15.0 Å². The molecule has 0 radical (unpaired) electrons. The van der Waals surface area contributed by atoms with Crippen molar-refractivity contribution in [3.63, 3.8) is 0 Å². The smallest absolute Gasteiger partial charge is 0.260 e. The van der Waals surface area contributed by atoms with Gasteiger partial charge in [0.2, 0.25) is 0 Å². The van der Waals surface area contributed by atoms with Gasteiger partial charge in [-0.2, -0.15) is 5.10 Å². The van der Waals surface area contributed by atoms with Gasteiger partial charge in [0.05, 0.1) is 35.2 Å². The van der Waals surface area contributed by atoms with E-state index in [1.54, 1.807) is 24.2 Å². The Kier molecular flexibility index (Phi) is 4.90. The third-order valence-corrected chi connectivity index (χ3v) is 4.04. The minimum absolute atomic E-state index is 0.157. The van der Waals surface area contributed by atoms with Crippen LogP contribution in [0.5, 0.6) is 5.75 Å². The summed E-state index contributed by atoms with van der Waals surface area (Å²) in [5.41, 5.74) is 5.13. The molecule has 6 nitrogen and oxygen atoms in total. The molecule has 0 fully saturated rings. The van der Waals surface area contributed by atoms with Gasteiger partial charge in [0.15, 0.2) is 0 Å². The number of imidazole rings is 1. The summed E-state index contributed by atoms with van der Waals surface area (Å²) in [4.78, 5) is 16.3. The highest BCUT2D eigenvalue weighted by Gasteiger charge is 2.06. The third kappa shape index (κ3) is 3.62. The number of amides is 1. The average Bonchev–Trinajstić information content (AvgIpc) is 2.98. The van der Waals surface area contributed by atoms with Crippen molar-refractivity contribution in [2.45, 2.75) is 6.54 Å². The Labute approximate surface area is 147 Å². The highest BCUT2D eigenvalue weighted by Crippen LogP contribution is 2.24. The van der Waals surface area contributed by atoms with Crippen molar-refractivity contribution in [2.75, 3.05) is 7.11 Å². The number of para-hydroxylation sites is 2. The summed E-state index contributed by atoms with van der Waals surface area (Å²) in [6.07, 6.45) is 3.22. The lowest BCUT2D eigenvalue weighted by molar-refractivity contribution is -0.121. The van der Waals surface area contributed by atoms with Crippen molar-refractivity contribution in [2.24, 2.45) is 5.10 Å². The average molecular weight is 387 g/mol. The first-order chi connectivity index (χ1) is 11.7.